The van der Waals surface area contributed by atoms with Crippen molar-refractivity contribution in [2.75, 3.05) is 42.3 Å². The molecule has 1 aliphatic heterocycles. The fraction of sp³-hybridized carbons (Fsp3) is 0.409. The highest BCUT2D eigenvalue weighted by Crippen LogP contribution is 2.31. The molecule has 0 radical (unpaired) electrons. The molecule has 2 aromatic carbocycles. The first-order valence-electron chi connectivity index (χ1n) is 10.2. The Morgan fingerprint density at radius 1 is 1.03 bits per heavy atom. The summed E-state index contributed by atoms with van der Waals surface area (Å²) in [5.41, 5.74) is 2.92. The van der Waals surface area contributed by atoms with Crippen molar-refractivity contribution in [3.63, 3.8) is 0 Å². The molecular formula is C22H29N3O4S. The van der Waals surface area contributed by atoms with Crippen molar-refractivity contribution in [3.05, 3.63) is 53.1 Å². The van der Waals surface area contributed by atoms with Crippen molar-refractivity contribution in [1.82, 2.24) is 4.90 Å². The van der Waals surface area contributed by atoms with Gasteiger partial charge in [-0.15, -0.1) is 0 Å². The van der Waals surface area contributed by atoms with Gasteiger partial charge in [-0.2, -0.15) is 0 Å². The van der Waals surface area contributed by atoms with Crippen molar-refractivity contribution in [1.29, 1.82) is 0 Å². The number of carbonyl (C=O) groups is 1. The number of hydrogen-bond donors (Lipinski definition) is 2. The molecule has 8 heteroatoms. The summed E-state index contributed by atoms with van der Waals surface area (Å²) in [5, 5.41) is 9.39. The van der Waals surface area contributed by atoms with Crippen molar-refractivity contribution < 1.29 is 18.3 Å². The predicted molar refractivity (Wildman–Crippen MR) is 119 cm³/mol. The molecule has 2 N–H and O–H groups in total. The van der Waals surface area contributed by atoms with Crippen LogP contribution in [-0.4, -0.2) is 57.1 Å². The van der Waals surface area contributed by atoms with Crippen molar-refractivity contribution in [2.45, 2.75) is 32.1 Å². The zero-order valence-electron chi connectivity index (χ0n) is 17.7. The maximum atomic E-state index is 13.0. The molecule has 1 aliphatic rings. The Kier molecular flexibility index (Phi) is 6.67. The van der Waals surface area contributed by atoms with Gasteiger partial charge >= 0.3 is 5.97 Å². The Morgan fingerprint density at radius 2 is 1.73 bits per heavy atom. The maximum Gasteiger partial charge on any atom is 0.335 e. The van der Waals surface area contributed by atoms with E-state index in [1.165, 1.54) is 12.1 Å². The first kappa shape index (κ1) is 22.1. The first-order valence-corrected chi connectivity index (χ1v) is 11.6. The van der Waals surface area contributed by atoms with Gasteiger partial charge < -0.3 is 10.0 Å². The molecule has 0 spiro atoms. The topological polar surface area (TPSA) is 89.9 Å². The number of carboxylic acid groups (broad SMARTS) is 1. The molecule has 162 valence electrons. The Balaban J connectivity index is 1.93. The van der Waals surface area contributed by atoms with Crippen LogP contribution in [0.2, 0.25) is 0 Å². The number of sulfonamides is 1. The lowest BCUT2D eigenvalue weighted by Crippen LogP contribution is -2.46. The highest BCUT2D eigenvalue weighted by atomic mass is 32.2. The molecule has 30 heavy (non-hydrogen) atoms. The van der Waals surface area contributed by atoms with Gasteiger partial charge in [0.25, 0.3) is 10.0 Å². The molecular weight excluding hydrogens is 402 g/mol. The lowest BCUT2D eigenvalue weighted by atomic mass is 10.1. The molecule has 7 nitrogen and oxygen atoms in total. The van der Waals surface area contributed by atoms with E-state index in [0.29, 0.717) is 5.69 Å². The van der Waals surface area contributed by atoms with Crippen LogP contribution in [0.5, 0.6) is 0 Å². The van der Waals surface area contributed by atoms with Crippen LogP contribution in [0.3, 0.4) is 0 Å². The van der Waals surface area contributed by atoms with E-state index in [1.54, 1.807) is 24.3 Å². The van der Waals surface area contributed by atoms with Gasteiger partial charge in [0.05, 0.1) is 21.8 Å². The van der Waals surface area contributed by atoms with E-state index < -0.39 is 16.0 Å². The average Bonchev–Trinajstić information content (AvgIpc) is 2.70. The Bertz CT molecular complexity index is 1030. The number of nitrogens with zero attached hydrogens (tertiary/aromatic N) is 2. The summed E-state index contributed by atoms with van der Waals surface area (Å²) in [4.78, 5) is 16.1. The summed E-state index contributed by atoms with van der Waals surface area (Å²) >= 11 is 0. The van der Waals surface area contributed by atoms with E-state index >= 15 is 0 Å². The second-order valence-corrected chi connectivity index (χ2v) is 9.40. The van der Waals surface area contributed by atoms with Crippen LogP contribution in [0.15, 0.2) is 41.3 Å². The monoisotopic (exact) mass is 431 g/mol. The minimum absolute atomic E-state index is 0.0427. The number of carboxylic acids is 1. The number of aromatic carboxylic acids is 1. The Morgan fingerprint density at radius 3 is 2.33 bits per heavy atom. The number of hydrogen-bond acceptors (Lipinski definition) is 5. The van der Waals surface area contributed by atoms with E-state index in [1.807, 2.05) is 13.8 Å². The molecule has 0 aliphatic carbocycles. The Labute approximate surface area is 178 Å². The van der Waals surface area contributed by atoms with Crippen molar-refractivity contribution in [2.24, 2.45) is 0 Å². The number of anilines is 2. The third-order valence-corrected chi connectivity index (χ3v) is 6.89. The van der Waals surface area contributed by atoms with Crippen LogP contribution in [0.1, 0.15) is 34.8 Å². The van der Waals surface area contributed by atoms with E-state index in [4.69, 9.17) is 0 Å². The standard InChI is InChI=1S/C22H29N3O4S/c1-4-9-24-10-12-25(13-11-24)21-8-6-18(22(26)27)15-20(21)23-30(28,29)19-7-5-16(2)17(3)14-19/h5-8,14-15,23H,4,9-13H2,1-3H3,(H,26,27). The number of piperazine rings is 1. The van der Waals surface area contributed by atoms with Crippen LogP contribution in [0.25, 0.3) is 0 Å². The number of nitrogens with one attached hydrogen (secondary N) is 1. The second-order valence-electron chi connectivity index (χ2n) is 7.72. The minimum Gasteiger partial charge on any atom is -0.478 e. The van der Waals surface area contributed by atoms with Gasteiger partial charge in [0.15, 0.2) is 0 Å². The van der Waals surface area contributed by atoms with E-state index in [2.05, 4.69) is 21.4 Å². The van der Waals surface area contributed by atoms with Crippen LogP contribution in [0, 0.1) is 13.8 Å². The molecule has 1 fully saturated rings. The van der Waals surface area contributed by atoms with Crippen LogP contribution < -0.4 is 9.62 Å². The molecule has 0 bridgehead atoms. The van der Waals surface area contributed by atoms with Gasteiger partial charge in [-0.3, -0.25) is 9.62 Å². The second kappa shape index (κ2) is 9.06. The lowest BCUT2D eigenvalue weighted by molar-refractivity contribution is 0.0697. The molecule has 1 heterocycles. The summed E-state index contributed by atoms with van der Waals surface area (Å²) in [6, 6.07) is 9.57. The first-order chi connectivity index (χ1) is 14.2. The van der Waals surface area contributed by atoms with Crippen LogP contribution in [-0.2, 0) is 10.0 Å². The average molecular weight is 432 g/mol. The smallest absolute Gasteiger partial charge is 0.335 e. The van der Waals surface area contributed by atoms with E-state index in [-0.39, 0.29) is 16.1 Å². The van der Waals surface area contributed by atoms with Crippen LogP contribution in [0.4, 0.5) is 11.4 Å². The third-order valence-electron chi connectivity index (χ3n) is 5.53. The summed E-state index contributed by atoms with van der Waals surface area (Å²) in [7, 11) is -3.86. The number of benzene rings is 2. The van der Waals surface area contributed by atoms with Crippen molar-refractivity contribution in [3.8, 4) is 0 Å². The molecule has 3 rings (SSSR count). The Hall–Kier alpha value is -2.58. The summed E-state index contributed by atoms with van der Waals surface area (Å²) in [5.74, 6) is -1.10. The normalized spacial score (nSPS) is 15.2. The zero-order valence-corrected chi connectivity index (χ0v) is 18.5. The predicted octanol–water partition coefficient (Wildman–Crippen LogP) is 3.33. The quantitative estimate of drug-likeness (QED) is 0.699. The third kappa shape index (κ3) is 4.94. The van der Waals surface area contributed by atoms with E-state index in [9.17, 15) is 18.3 Å². The number of aryl methyl sites for hydroxylation is 2. The zero-order chi connectivity index (χ0) is 21.9. The molecule has 0 atom stereocenters. The summed E-state index contributed by atoms with van der Waals surface area (Å²) in [6.45, 7) is 10.3. The largest absolute Gasteiger partial charge is 0.478 e. The van der Waals surface area contributed by atoms with Gasteiger partial charge in [0.2, 0.25) is 0 Å². The highest BCUT2D eigenvalue weighted by molar-refractivity contribution is 7.92. The van der Waals surface area contributed by atoms with Gasteiger partial charge in [-0.05, 0) is 68.3 Å². The fourth-order valence-electron chi connectivity index (χ4n) is 3.64. The summed E-state index contributed by atoms with van der Waals surface area (Å²) < 4.78 is 28.7. The maximum absolute atomic E-state index is 13.0. The molecule has 0 unspecified atom stereocenters. The number of rotatable bonds is 7. The molecule has 0 aromatic heterocycles. The van der Waals surface area contributed by atoms with Gasteiger partial charge in [-0.1, -0.05) is 13.0 Å². The van der Waals surface area contributed by atoms with Crippen molar-refractivity contribution >= 4 is 27.4 Å². The highest BCUT2D eigenvalue weighted by Gasteiger charge is 2.23. The van der Waals surface area contributed by atoms with E-state index in [0.717, 1.165) is 50.3 Å². The van der Waals surface area contributed by atoms with Gasteiger partial charge in [0, 0.05) is 26.2 Å². The minimum atomic E-state index is -3.86. The molecule has 0 amide bonds. The SMILES string of the molecule is CCCN1CCN(c2ccc(C(=O)O)cc2NS(=O)(=O)c2ccc(C)c(C)c2)CC1. The van der Waals surface area contributed by atoms with Gasteiger partial charge in [0.1, 0.15) is 0 Å². The van der Waals surface area contributed by atoms with Gasteiger partial charge in [-0.25, -0.2) is 13.2 Å². The molecule has 2 aromatic rings. The summed E-state index contributed by atoms with van der Waals surface area (Å²) in [6.07, 6.45) is 1.09. The fourth-order valence-corrected chi connectivity index (χ4v) is 4.79. The molecule has 1 saturated heterocycles. The van der Waals surface area contributed by atoms with Crippen LogP contribution >= 0.6 is 0 Å². The molecule has 0 saturated carbocycles. The lowest BCUT2D eigenvalue weighted by Gasteiger charge is -2.37.